The van der Waals surface area contributed by atoms with Crippen molar-refractivity contribution in [1.29, 1.82) is 0 Å². The molecule has 5 heteroatoms. The van der Waals surface area contributed by atoms with Crippen molar-refractivity contribution in [3.05, 3.63) is 34.5 Å². The second-order valence-corrected chi connectivity index (χ2v) is 5.53. The Hall–Kier alpha value is -1.52. The average molecular weight is 279 g/mol. The fourth-order valence-electron chi connectivity index (χ4n) is 3.00. The molecule has 1 aromatic carbocycles. The molecule has 0 saturated carbocycles. The molecule has 4 nitrogen and oxygen atoms in total. The smallest absolute Gasteiger partial charge is 0.226 e. The van der Waals surface area contributed by atoms with Gasteiger partial charge < -0.3 is 15.8 Å². The van der Waals surface area contributed by atoms with Crippen LogP contribution in [0.4, 0.5) is 0 Å². The van der Waals surface area contributed by atoms with Gasteiger partial charge in [0.25, 0.3) is 0 Å². The Morgan fingerprint density at radius 1 is 1.53 bits per heavy atom. The molecule has 0 fully saturated rings. The Bertz CT molecular complexity index is 650. The van der Waals surface area contributed by atoms with Crippen LogP contribution < -0.4 is 5.73 Å². The number of halogens is 1. The number of carbonyl (C=O) groups is 1. The van der Waals surface area contributed by atoms with Crippen LogP contribution in [0.1, 0.15) is 23.6 Å². The molecule has 1 aliphatic carbocycles. The number of carbonyl (C=O) groups excluding carboxylic acids is 1. The van der Waals surface area contributed by atoms with E-state index < -0.39 is 0 Å². The molecule has 0 spiro atoms. The van der Waals surface area contributed by atoms with Gasteiger partial charge in [0, 0.05) is 17.7 Å². The number of nitrogens with two attached hydrogens (primary N) is 1. The summed E-state index contributed by atoms with van der Waals surface area (Å²) in [6.07, 6.45) is 1.33. The highest BCUT2D eigenvalue weighted by Gasteiger charge is 2.33. The molecule has 0 aliphatic heterocycles. The molecule has 1 amide bonds. The van der Waals surface area contributed by atoms with Crippen LogP contribution in [0.5, 0.6) is 0 Å². The lowest BCUT2D eigenvalue weighted by atomic mass is 9.79. The van der Waals surface area contributed by atoms with Crippen molar-refractivity contribution in [2.45, 2.75) is 18.8 Å². The summed E-state index contributed by atoms with van der Waals surface area (Å²) in [5, 5.41) is 11.0. The van der Waals surface area contributed by atoms with Gasteiger partial charge in [-0.05, 0) is 30.4 Å². The second-order valence-electron chi connectivity index (χ2n) is 5.12. The van der Waals surface area contributed by atoms with E-state index in [-0.39, 0.29) is 24.3 Å². The predicted molar refractivity (Wildman–Crippen MR) is 74.1 cm³/mol. The summed E-state index contributed by atoms with van der Waals surface area (Å²) in [7, 11) is 0. The van der Waals surface area contributed by atoms with E-state index in [1.807, 2.05) is 18.2 Å². The van der Waals surface area contributed by atoms with Crippen molar-refractivity contribution in [2.24, 2.45) is 11.7 Å². The molecular formula is C14H15ClN2O2. The molecule has 0 bridgehead atoms. The molecule has 1 aliphatic rings. The molecule has 3 rings (SSSR count). The van der Waals surface area contributed by atoms with Gasteiger partial charge in [-0.15, -0.1) is 0 Å². The Morgan fingerprint density at radius 3 is 3.00 bits per heavy atom. The lowest BCUT2D eigenvalue weighted by molar-refractivity contribution is -0.120. The zero-order valence-electron chi connectivity index (χ0n) is 10.3. The third-order valence-electron chi connectivity index (χ3n) is 3.94. The third-order valence-corrected chi connectivity index (χ3v) is 4.25. The molecule has 0 radical (unpaired) electrons. The summed E-state index contributed by atoms with van der Waals surface area (Å²) in [4.78, 5) is 14.9. The first-order valence-electron chi connectivity index (χ1n) is 6.31. The molecule has 4 N–H and O–H groups in total. The first kappa shape index (κ1) is 12.5. The van der Waals surface area contributed by atoms with Crippen LogP contribution in [-0.4, -0.2) is 22.6 Å². The van der Waals surface area contributed by atoms with E-state index in [2.05, 4.69) is 4.98 Å². The second kappa shape index (κ2) is 4.54. The molecule has 100 valence electrons. The predicted octanol–water partition coefficient (Wildman–Crippen LogP) is 1.94. The van der Waals surface area contributed by atoms with Gasteiger partial charge in [-0.25, -0.2) is 0 Å². The summed E-state index contributed by atoms with van der Waals surface area (Å²) in [6.45, 7) is 0.0659. The first-order valence-corrected chi connectivity index (χ1v) is 6.68. The van der Waals surface area contributed by atoms with E-state index in [1.165, 1.54) is 0 Å². The van der Waals surface area contributed by atoms with Crippen LogP contribution >= 0.6 is 11.6 Å². The molecule has 0 saturated heterocycles. The standard InChI is InChI=1S/C14H15ClN2O2/c15-11-3-1-2-8-9-4-7(6-18)5-10(14(16)19)12(9)17-13(8)11/h1-3,7,10,17-18H,4-6H2,(H2,16,19). The van der Waals surface area contributed by atoms with E-state index >= 15 is 0 Å². The highest BCUT2D eigenvalue weighted by Crippen LogP contribution is 2.39. The molecule has 2 aromatic rings. The number of amides is 1. The van der Waals surface area contributed by atoms with Crippen molar-refractivity contribution in [3.63, 3.8) is 0 Å². The fourth-order valence-corrected chi connectivity index (χ4v) is 3.22. The van der Waals surface area contributed by atoms with Crippen molar-refractivity contribution < 1.29 is 9.90 Å². The number of aromatic nitrogens is 1. The number of aromatic amines is 1. The summed E-state index contributed by atoms with van der Waals surface area (Å²) in [5.74, 6) is -0.658. The van der Waals surface area contributed by atoms with E-state index in [9.17, 15) is 9.90 Å². The quantitative estimate of drug-likeness (QED) is 0.785. The van der Waals surface area contributed by atoms with E-state index in [4.69, 9.17) is 17.3 Å². The van der Waals surface area contributed by atoms with Gasteiger partial charge in [0.15, 0.2) is 0 Å². The Morgan fingerprint density at radius 2 is 2.32 bits per heavy atom. The minimum Gasteiger partial charge on any atom is -0.396 e. The lowest BCUT2D eigenvalue weighted by Gasteiger charge is -2.26. The third kappa shape index (κ3) is 1.91. The molecule has 2 atom stereocenters. The van der Waals surface area contributed by atoms with Crippen LogP contribution in [-0.2, 0) is 11.2 Å². The zero-order chi connectivity index (χ0) is 13.6. The van der Waals surface area contributed by atoms with Crippen molar-refractivity contribution >= 4 is 28.4 Å². The number of H-pyrrole nitrogens is 1. The molecule has 1 heterocycles. The van der Waals surface area contributed by atoms with Crippen LogP contribution in [0.25, 0.3) is 10.9 Å². The highest BCUT2D eigenvalue weighted by atomic mass is 35.5. The molecule has 19 heavy (non-hydrogen) atoms. The maximum absolute atomic E-state index is 11.6. The van der Waals surface area contributed by atoms with Crippen molar-refractivity contribution in [3.8, 4) is 0 Å². The number of primary amides is 1. The lowest BCUT2D eigenvalue weighted by Crippen LogP contribution is -2.30. The number of rotatable bonds is 2. The molecule has 2 unspecified atom stereocenters. The SMILES string of the molecule is NC(=O)C1CC(CO)Cc2c1[nH]c1c(Cl)cccc21. The maximum Gasteiger partial charge on any atom is 0.226 e. The summed E-state index contributed by atoms with van der Waals surface area (Å²) in [5.41, 5.74) is 8.25. The van der Waals surface area contributed by atoms with Crippen LogP contribution in [0.15, 0.2) is 18.2 Å². The van der Waals surface area contributed by atoms with E-state index in [1.54, 1.807) is 0 Å². The van der Waals surface area contributed by atoms with Gasteiger partial charge in [0.1, 0.15) is 0 Å². The largest absolute Gasteiger partial charge is 0.396 e. The Kier molecular flexibility index (Phi) is 2.99. The number of aliphatic hydroxyl groups is 1. The zero-order valence-corrected chi connectivity index (χ0v) is 11.1. The van der Waals surface area contributed by atoms with Gasteiger partial charge in [-0.1, -0.05) is 23.7 Å². The van der Waals surface area contributed by atoms with Gasteiger partial charge in [-0.2, -0.15) is 0 Å². The number of nitrogens with one attached hydrogen (secondary N) is 1. The highest BCUT2D eigenvalue weighted by molar-refractivity contribution is 6.35. The van der Waals surface area contributed by atoms with Crippen molar-refractivity contribution in [1.82, 2.24) is 4.98 Å². The molecule has 1 aromatic heterocycles. The number of fused-ring (bicyclic) bond motifs is 3. The van der Waals surface area contributed by atoms with Gasteiger partial charge in [0.05, 0.1) is 16.5 Å². The minimum atomic E-state index is -0.371. The molecular weight excluding hydrogens is 264 g/mol. The summed E-state index contributed by atoms with van der Waals surface area (Å²) < 4.78 is 0. The van der Waals surface area contributed by atoms with Gasteiger partial charge in [0.2, 0.25) is 5.91 Å². The fraction of sp³-hybridized carbons (Fsp3) is 0.357. The van der Waals surface area contributed by atoms with Crippen LogP contribution in [0.3, 0.4) is 0 Å². The Balaban J connectivity index is 2.23. The summed E-state index contributed by atoms with van der Waals surface area (Å²) in [6, 6.07) is 5.68. The van der Waals surface area contributed by atoms with Gasteiger partial charge >= 0.3 is 0 Å². The minimum absolute atomic E-state index is 0.0659. The monoisotopic (exact) mass is 278 g/mol. The van der Waals surface area contributed by atoms with Crippen LogP contribution in [0.2, 0.25) is 5.02 Å². The first-order chi connectivity index (χ1) is 9.11. The topological polar surface area (TPSA) is 79.1 Å². The average Bonchev–Trinajstić information content (AvgIpc) is 2.77. The summed E-state index contributed by atoms with van der Waals surface area (Å²) >= 11 is 6.18. The normalized spacial score (nSPS) is 22.4. The number of hydrogen-bond donors (Lipinski definition) is 3. The number of benzene rings is 1. The van der Waals surface area contributed by atoms with Crippen LogP contribution in [0, 0.1) is 5.92 Å². The number of para-hydroxylation sites is 1. The van der Waals surface area contributed by atoms with Gasteiger partial charge in [-0.3, -0.25) is 4.79 Å². The van der Waals surface area contributed by atoms with Crippen molar-refractivity contribution in [2.75, 3.05) is 6.61 Å². The number of hydrogen-bond acceptors (Lipinski definition) is 2. The number of aliphatic hydroxyl groups excluding tert-OH is 1. The van der Waals surface area contributed by atoms with E-state index in [0.29, 0.717) is 11.4 Å². The van der Waals surface area contributed by atoms with E-state index in [0.717, 1.165) is 28.6 Å². The Labute approximate surface area is 115 Å². The maximum atomic E-state index is 11.6.